The predicted octanol–water partition coefficient (Wildman–Crippen LogP) is 3.11. The largest absolute Gasteiger partial charge is 0.376 e. The maximum absolute atomic E-state index is 10.8. The normalized spacial score (nSPS) is 12.4. The van der Waals surface area contributed by atoms with Crippen LogP contribution >= 0.6 is 0 Å². The molecule has 0 amide bonds. The Kier molecular flexibility index (Phi) is 8.25. The van der Waals surface area contributed by atoms with Crippen molar-refractivity contribution in [2.45, 2.75) is 20.1 Å². The Morgan fingerprint density at radius 1 is 1.15 bits per heavy atom. The van der Waals surface area contributed by atoms with Gasteiger partial charge in [0.2, 0.25) is 0 Å². The molecule has 0 heterocycles. The number of hydrogen-bond donors (Lipinski definition) is 2. The number of benzene rings is 2. The molecule has 7 heteroatoms. The van der Waals surface area contributed by atoms with Crippen molar-refractivity contribution in [3.63, 3.8) is 0 Å². The van der Waals surface area contributed by atoms with E-state index < -0.39 is 4.92 Å². The molecule has 0 spiro atoms. The third kappa shape index (κ3) is 7.45. The second kappa shape index (κ2) is 10.9. The van der Waals surface area contributed by atoms with Crippen LogP contribution in [0.25, 0.3) is 0 Å². The Morgan fingerprint density at radius 2 is 1.89 bits per heavy atom. The molecule has 0 aromatic heterocycles. The number of ether oxygens (including phenoxy) is 1. The van der Waals surface area contributed by atoms with Gasteiger partial charge in [-0.2, -0.15) is 0 Å². The number of nitrogens with one attached hydrogen (secondary N) is 2. The van der Waals surface area contributed by atoms with Crippen molar-refractivity contribution in [3.05, 3.63) is 75.8 Å². The molecule has 7 nitrogen and oxygen atoms in total. The molecule has 2 aromatic rings. The highest BCUT2D eigenvalue weighted by Crippen LogP contribution is 2.12. The Labute approximate surface area is 159 Å². The van der Waals surface area contributed by atoms with Crippen LogP contribution < -0.4 is 10.6 Å². The van der Waals surface area contributed by atoms with Gasteiger partial charge >= 0.3 is 0 Å². The van der Waals surface area contributed by atoms with Gasteiger partial charge in [0.05, 0.1) is 18.1 Å². The van der Waals surface area contributed by atoms with Crippen LogP contribution in [0.2, 0.25) is 0 Å². The van der Waals surface area contributed by atoms with E-state index in [4.69, 9.17) is 4.74 Å². The summed E-state index contributed by atoms with van der Waals surface area (Å²) in [5.41, 5.74) is 2.07. The van der Waals surface area contributed by atoms with Gasteiger partial charge in [0, 0.05) is 32.3 Å². The van der Waals surface area contributed by atoms with Crippen LogP contribution in [-0.4, -0.2) is 31.1 Å². The SMILES string of the molecule is CN=C(NCc1cccc([N+](=O)[O-])c1)NCC(C)COCc1ccccc1. The molecule has 2 rings (SSSR count). The van der Waals surface area contributed by atoms with Crippen molar-refractivity contribution in [1.82, 2.24) is 10.6 Å². The van der Waals surface area contributed by atoms with Gasteiger partial charge in [-0.1, -0.05) is 49.4 Å². The van der Waals surface area contributed by atoms with Gasteiger partial charge in [-0.3, -0.25) is 15.1 Å². The monoisotopic (exact) mass is 370 g/mol. The molecule has 2 aromatic carbocycles. The Balaban J connectivity index is 1.70. The minimum absolute atomic E-state index is 0.0847. The second-order valence-electron chi connectivity index (χ2n) is 6.34. The Morgan fingerprint density at radius 3 is 2.59 bits per heavy atom. The zero-order chi connectivity index (χ0) is 19.5. The van der Waals surface area contributed by atoms with Crippen molar-refractivity contribution in [2.75, 3.05) is 20.2 Å². The summed E-state index contributed by atoms with van der Waals surface area (Å²) in [7, 11) is 1.69. The van der Waals surface area contributed by atoms with E-state index in [1.54, 1.807) is 19.2 Å². The molecule has 0 aliphatic rings. The lowest BCUT2D eigenvalue weighted by molar-refractivity contribution is -0.384. The summed E-state index contributed by atoms with van der Waals surface area (Å²) < 4.78 is 5.75. The lowest BCUT2D eigenvalue weighted by Crippen LogP contribution is -2.39. The average Bonchev–Trinajstić information content (AvgIpc) is 2.69. The van der Waals surface area contributed by atoms with Crippen LogP contribution in [0, 0.1) is 16.0 Å². The number of rotatable bonds is 9. The summed E-state index contributed by atoms with van der Waals surface area (Å²) in [6.45, 7) is 4.52. The highest BCUT2D eigenvalue weighted by Gasteiger charge is 2.07. The number of guanidine groups is 1. The number of nitro benzene ring substituents is 1. The summed E-state index contributed by atoms with van der Waals surface area (Å²) >= 11 is 0. The average molecular weight is 370 g/mol. The molecule has 2 N–H and O–H groups in total. The van der Waals surface area contributed by atoms with Crippen molar-refractivity contribution in [1.29, 1.82) is 0 Å². The standard InChI is InChI=1S/C20H26N4O3/c1-16(14-27-15-17-7-4-3-5-8-17)12-22-20(21-2)23-13-18-9-6-10-19(11-18)24(25)26/h3-11,16H,12-15H2,1-2H3,(H2,21,22,23). The minimum Gasteiger partial charge on any atom is -0.376 e. The van der Waals surface area contributed by atoms with Crippen LogP contribution in [-0.2, 0) is 17.9 Å². The van der Waals surface area contributed by atoms with E-state index in [2.05, 4.69) is 22.5 Å². The summed E-state index contributed by atoms with van der Waals surface area (Å²) in [6.07, 6.45) is 0. The first-order valence-corrected chi connectivity index (χ1v) is 8.88. The molecule has 27 heavy (non-hydrogen) atoms. The van der Waals surface area contributed by atoms with Crippen LogP contribution in [0.15, 0.2) is 59.6 Å². The molecule has 1 unspecified atom stereocenters. The Hall–Kier alpha value is -2.93. The molecule has 0 aliphatic heterocycles. The zero-order valence-electron chi connectivity index (χ0n) is 15.7. The third-order valence-corrected chi connectivity index (χ3v) is 3.94. The number of nitrogens with zero attached hydrogens (tertiary/aromatic N) is 2. The van der Waals surface area contributed by atoms with E-state index in [1.165, 1.54) is 6.07 Å². The van der Waals surface area contributed by atoms with Gasteiger partial charge in [0.25, 0.3) is 5.69 Å². The van der Waals surface area contributed by atoms with Crippen LogP contribution in [0.4, 0.5) is 5.69 Å². The molecule has 1 atom stereocenters. The summed E-state index contributed by atoms with van der Waals surface area (Å²) in [5, 5.41) is 17.3. The lowest BCUT2D eigenvalue weighted by atomic mass is 10.2. The number of hydrogen-bond acceptors (Lipinski definition) is 4. The molecular weight excluding hydrogens is 344 g/mol. The zero-order valence-corrected chi connectivity index (χ0v) is 15.7. The maximum atomic E-state index is 10.8. The van der Waals surface area contributed by atoms with E-state index >= 15 is 0 Å². The quantitative estimate of drug-likeness (QED) is 0.306. The fraction of sp³-hybridized carbons (Fsp3) is 0.350. The van der Waals surface area contributed by atoms with Gasteiger partial charge in [-0.15, -0.1) is 0 Å². The topological polar surface area (TPSA) is 88.8 Å². The maximum Gasteiger partial charge on any atom is 0.269 e. The van der Waals surface area contributed by atoms with Crippen LogP contribution in [0.1, 0.15) is 18.1 Å². The summed E-state index contributed by atoms with van der Waals surface area (Å²) in [5.74, 6) is 0.960. The lowest BCUT2D eigenvalue weighted by Gasteiger charge is -2.16. The minimum atomic E-state index is -0.395. The molecule has 144 valence electrons. The molecule has 0 saturated carbocycles. The van der Waals surface area contributed by atoms with E-state index in [1.807, 2.05) is 36.4 Å². The van der Waals surface area contributed by atoms with Gasteiger partial charge in [0.1, 0.15) is 0 Å². The van der Waals surface area contributed by atoms with Gasteiger partial charge in [-0.25, -0.2) is 0 Å². The van der Waals surface area contributed by atoms with Crippen LogP contribution in [0.5, 0.6) is 0 Å². The van der Waals surface area contributed by atoms with E-state index in [-0.39, 0.29) is 5.69 Å². The van der Waals surface area contributed by atoms with Crippen molar-refractivity contribution < 1.29 is 9.66 Å². The van der Waals surface area contributed by atoms with Crippen molar-refractivity contribution in [2.24, 2.45) is 10.9 Å². The van der Waals surface area contributed by atoms with E-state index in [0.29, 0.717) is 38.2 Å². The summed E-state index contributed by atoms with van der Waals surface area (Å²) in [6, 6.07) is 16.6. The fourth-order valence-electron chi connectivity index (χ4n) is 2.47. The molecule has 0 aliphatic carbocycles. The molecule has 0 fully saturated rings. The van der Waals surface area contributed by atoms with Gasteiger partial charge < -0.3 is 15.4 Å². The van der Waals surface area contributed by atoms with Gasteiger partial charge in [0.15, 0.2) is 5.96 Å². The van der Waals surface area contributed by atoms with Crippen molar-refractivity contribution in [3.8, 4) is 0 Å². The van der Waals surface area contributed by atoms with Gasteiger partial charge in [-0.05, 0) is 17.0 Å². The molecular formula is C20H26N4O3. The number of non-ortho nitro benzene ring substituents is 1. The first-order valence-electron chi connectivity index (χ1n) is 8.88. The van der Waals surface area contributed by atoms with E-state index in [9.17, 15) is 10.1 Å². The third-order valence-electron chi connectivity index (χ3n) is 3.94. The molecule has 0 radical (unpaired) electrons. The van der Waals surface area contributed by atoms with Crippen LogP contribution in [0.3, 0.4) is 0 Å². The highest BCUT2D eigenvalue weighted by atomic mass is 16.6. The predicted molar refractivity (Wildman–Crippen MR) is 107 cm³/mol. The smallest absolute Gasteiger partial charge is 0.269 e. The number of aliphatic imine (C=N–C) groups is 1. The fourth-order valence-corrected chi connectivity index (χ4v) is 2.47. The number of nitro groups is 1. The first kappa shape index (κ1) is 20.4. The Bertz CT molecular complexity index is 750. The second-order valence-corrected chi connectivity index (χ2v) is 6.34. The van der Waals surface area contributed by atoms with E-state index in [0.717, 1.165) is 11.1 Å². The summed E-state index contributed by atoms with van der Waals surface area (Å²) in [4.78, 5) is 14.6. The molecule has 0 saturated heterocycles. The first-order chi connectivity index (χ1) is 13.1. The van der Waals surface area contributed by atoms with Crippen molar-refractivity contribution >= 4 is 11.6 Å². The highest BCUT2D eigenvalue weighted by molar-refractivity contribution is 5.79. The molecule has 0 bridgehead atoms.